The summed E-state index contributed by atoms with van der Waals surface area (Å²) >= 11 is 0. The largest absolute Gasteiger partial charge is 0.508 e. The number of nitrogen functional groups attached to an aromatic ring is 1. The number of anilines is 3. The first kappa shape index (κ1) is 19.8. The van der Waals surface area contributed by atoms with E-state index < -0.39 is 0 Å². The number of phenols is 1. The molecule has 1 aromatic heterocycles. The van der Waals surface area contributed by atoms with E-state index in [1.807, 2.05) is 24.3 Å². The smallest absolute Gasteiger partial charge is 0.227 e. The Labute approximate surface area is 181 Å². The fourth-order valence-electron chi connectivity index (χ4n) is 4.64. The Bertz CT molecular complexity index is 1100. The van der Waals surface area contributed by atoms with Crippen molar-refractivity contribution in [3.8, 4) is 5.75 Å². The van der Waals surface area contributed by atoms with Gasteiger partial charge in [-0.3, -0.25) is 4.90 Å². The van der Waals surface area contributed by atoms with Gasteiger partial charge in [0.1, 0.15) is 11.6 Å². The molecule has 0 unspecified atom stereocenters. The van der Waals surface area contributed by atoms with Gasteiger partial charge in [-0.05, 0) is 17.9 Å². The van der Waals surface area contributed by atoms with Crippen LogP contribution >= 0.6 is 0 Å². The molecular formula is C23H28N6O2. The molecule has 0 atom stereocenters. The topological polar surface area (TPSA) is 102 Å². The third-order valence-corrected chi connectivity index (χ3v) is 6.32. The van der Waals surface area contributed by atoms with Crippen LogP contribution in [0, 0.1) is 0 Å². The molecule has 8 heteroatoms. The van der Waals surface area contributed by atoms with Crippen molar-refractivity contribution in [2.45, 2.75) is 13.0 Å². The number of phenolic OH excluding ortho intramolecular Hbond substituents is 1. The summed E-state index contributed by atoms with van der Waals surface area (Å²) in [7, 11) is 0. The van der Waals surface area contributed by atoms with E-state index in [2.05, 4.69) is 25.8 Å². The van der Waals surface area contributed by atoms with Gasteiger partial charge in [-0.2, -0.15) is 4.98 Å². The number of piperazine rings is 1. The zero-order valence-corrected chi connectivity index (χ0v) is 17.5. The fourth-order valence-corrected chi connectivity index (χ4v) is 4.64. The predicted molar refractivity (Wildman–Crippen MR) is 123 cm³/mol. The highest BCUT2D eigenvalue weighted by Crippen LogP contribution is 2.35. The van der Waals surface area contributed by atoms with Gasteiger partial charge in [0.05, 0.1) is 18.8 Å². The van der Waals surface area contributed by atoms with E-state index in [1.165, 1.54) is 0 Å². The van der Waals surface area contributed by atoms with Crippen LogP contribution in [0.25, 0.3) is 10.8 Å². The first-order valence-electron chi connectivity index (χ1n) is 10.8. The van der Waals surface area contributed by atoms with E-state index in [4.69, 9.17) is 15.8 Å². The van der Waals surface area contributed by atoms with E-state index in [0.717, 1.165) is 66.9 Å². The molecule has 162 valence electrons. The van der Waals surface area contributed by atoms with Gasteiger partial charge in [0.25, 0.3) is 0 Å². The van der Waals surface area contributed by atoms with Crippen LogP contribution in [0.1, 0.15) is 11.3 Å². The van der Waals surface area contributed by atoms with Gasteiger partial charge in [0.2, 0.25) is 5.95 Å². The van der Waals surface area contributed by atoms with Crippen molar-refractivity contribution in [2.75, 3.05) is 61.4 Å². The summed E-state index contributed by atoms with van der Waals surface area (Å²) < 4.78 is 0. The van der Waals surface area contributed by atoms with Gasteiger partial charge < -0.3 is 25.7 Å². The first-order valence-corrected chi connectivity index (χ1v) is 10.8. The molecule has 2 aliphatic rings. The minimum absolute atomic E-state index is 0.182. The molecule has 3 heterocycles. The lowest BCUT2D eigenvalue weighted by molar-refractivity contribution is 0.188. The van der Waals surface area contributed by atoms with Gasteiger partial charge in [0, 0.05) is 62.0 Å². The third kappa shape index (κ3) is 3.84. The molecule has 2 aliphatic heterocycles. The summed E-state index contributed by atoms with van der Waals surface area (Å²) in [5.41, 5.74) is 9.34. The van der Waals surface area contributed by atoms with E-state index in [-0.39, 0.29) is 12.4 Å². The first-order chi connectivity index (χ1) is 15.1. The second-order valence-electron chi connectivity index (χ2n) is 8.24. The van der Waals surface area contributed by atoms with Crippen molar-refractivity contribution >= 4 is 28.2 Å². The average Bonchev–Trinajstić information content (AvgIpc) is 2.79. The highest BCUT2D eigenvalue weighted by atomic mass is 16.3. The molecule has 1 saturated heterocycles. The van der Waals surface area contributed by atoms with Gasteiger partial charge in [-0.25, -0.2) is 4.98 Å². The molecule has 3 aromatic rings. The Morgan fingerprint density at radius 3 is 2.58 bits per heavy atom. The molecule has 5 rings (SSSR count). The zero-order valence-electron chi connectivity index (χ0n) is 17.5. The van der Waals surface area contributed by atoms with Gasteiger partial charge in [-0.1, -0.05) is 24.3 Å². The summed E-state index contributed by atoms with van der Waals surface area (Å²) in [4.78, 5) is 16.2. The van der Waals surface area contributed by atoms with Crippen LogP contribution < -0.4 is 15.5 Å². The van der Waals surface area contributed by atoms with Crippen LogP contribution in [-0.2, 0) is 13.0 Å². The lowest BCUT2D eigenvalue weighted by Gasteiger charge is -2.36. The van der Waals surface area contributed by atoms with Crippen molar-refractivity contribution in [3.05, 3.63) is 47.7 Å². The van der Waals surface area contributed by atoms with Crippen molar-refractivity contribution in [1.82, 2.24) is 14.9 Å². The van der Waals surface area contributed by atoms with Crippen LogP contribution in [-0.4, -0.2) is 71.0 Å². The van der Waals surface area contributed by atoms with Crippen LogP contribution in [0.2, 0.25) is 0 Å². The molecule has 0 amide bonds. The van der Waals surface area contributed by atoms with Gasteiger partial charge >= 0.3 is 0 Å². The van der Waals surface area contributed by atoms with Crippen LogP contribution in [0.3, 0.4) is 0 Å². The molecule has 0 saturated carbocycles. The lowest BCUT2D eigenvalue weighted by Crippen LogP contribution is -2.48. The summed E-state index contributed by atoms with van der Waals surface area (Å²) in [5.74, 6) is 1.52. The van der Waals surface area contributed by atoms with Crippen LogP contribution in [0.5, 0.6) is 5.75 Å². The van der Waals surface area contributed by atoms with Crippen molar-refractivity contribution in [2.24, 2.45) is 0 Å². The number of rotatable bonds is 4. The Kier molecular flexibility index (Phi) is 5.25. The molecule has 1 fully saturated rings. The number of aliphatic hydroxyl groups excluding tert-OH is 1. The fraction of sp³-hybridized carbons (Fsp3) is 0.391. The van der Waals surface area contributed by atoms with Gasteiger partial charge in [0.15, 0.2) is 0 Å². The van der Waals surface area contributed by atoms with Crippen molar-refractivity contribution in [3.63, 3.8) is 0 Å². The van der Waals surface area contributed by atoms with Crippen molar-refractivity contribution < 1.29 is 10.2 Å². The highest BCUT2D eigenvalue weighted by molar-refractivity contribution is 5.95. The monoisotopic (exact) mass is 420 g/mol. The number of hydrogen-bond donors (Lipinski definition) is 3. The SMILES string of the molecule is Nc1nc(N2CCN(CCO)CC2)nc2c1CCN(c1cc(O)cc3ccccc13)C2. The summed E-state index contributed by atoms with van der Waals surface area (Å²) in [6.45, 7) is 5.71. The third-order valence-electron chi connectivity index (χ3n) is 6.32. The molecule has 8 nitrogen and oxygen atoms in total. The van der Waals surface area contributed by atoms with Crippen LogP contribution in [0.15, 0.2) is 36.4 Å². The molecular weight excluding hydrogens is 392 g/mol. The Balaban J connectivity index is 1.43. The average molecular weight is 421 g/mol. The number of benzene rings is 2. The number of nitrogens with two attached hydrogens (primary N) is 1. The molecule has 0 radical (unpaired) electrons. The van der Waals surface area contributed by atoms with Crippen molar-refractivity contribution in [1.29, 1.82) is 0 Å². The van der Waals surface area contributed by atoms with E-state index in [9.17, 15) is 5.11 Å². The molecule has 4 N–H and O–H groups in total. The highest BCUT2D eigenvalue weighted by Gasteiger charge is 2.26. The molecule has 2 aromatic carbocycles. The summed E-state index contributed by atoms with van der Waals surface area (Å²) in [5, 5.41) is 21.5. The maximum Gasteiger partial charge on any atom is 0.227 e. The predicted octanol–water partition coefficient (Wildman–Crippen LogP) is 1.59. The Hall–Kier alpha value is -3.10. The minimum atomic E-state index is 0.182. The standard InChI is InChI=1S/C23H28N6O2/c24-22-19-5-6-29(21-14-17(31)13-16-3-1-2-4-18(16)21)15-20(19)25-23(26-22)28-9-7-27(8-10-28)11-12-30/h1-4,13-14,30-31H,5-12,15H2,(H2,24,25,26). The summed E-state index contributed by atoms with van der Waals surface area (Å²) in [6, 6.07) is 11.7. The normalized spacial score (nSPS) is 17.2. The van der Waals surface area contributed by atoms with Gasteiger partial charge in [-0.15, -0.1) is 0 Å². The maximum atomic E-state index is 10.3. The zero-order chi connectivity index (χ0) is 21.4. The second-order valence-corrected chi connectivity index (χ2v) is 8.24. The molecule has 0 bridgehead atoms. The number of nitrogens with zero attached hydrogens (tertiary/aromatic N) is 5. The maximum absolute atomic E-state index is 10.3. The lowest BCUT2D eigenvalue weighted by atomic mass is 10.0. The number of fused-ring (bicyclic) bond motifs is 2. The number of aliphatic hydroxyl groups is 1. The quantitative estimate of drug-likeness (QED) is 0.585. The molecule has 31 heavy (non-hydrogen) atoms. The number of aromatic nitrogens is 2. The Morgan fingerprint density at radius 2 is 1.77 bits per heavy atom. The molecule has 0 aliphatic carbocycles. The number of β-amino-alcohol motifs (C(OH)–C–C–N with tert-alkyl or cyclic N) is 1. The van der Waals surface area contributed by atoms with Crippen LogP contribution in [0.4, 0.5) is 17.5 Å². The molecule has 0 spiro atoms. The van der Waals surface area contributed by atoms with E-state index in [0.29, 0.717) is 24.9 Å². The minimum Gasteiger partial charge on any atom is -0.508 e. The summed E-state index contributed by atoms with van der Waals surface area (Å²) in [6.07, 6.45) is 0.774. The van der Waals surface area contributed by atoms with E-state index >= 15 is 0 Å². The number of aromatic hydroxyl groups is 1. The number of hydrogen-bond acceptors (Lipinski definition) is 8. The second kappa shape index (κ2) is 8.20. The van der Waals surface area contributed by atoms with E-state index in [1.54, 1.807) is 6.07 Å². The Morgan fingerprint density at radius 1 is 0.968 bits per heavy atom.